The van der Waals surface area contributed by atoms with Crippen LogP contribution in [-0.2, 0) is 4.79 Å². The van der Waals surface area contributed by atoms with Crippen molar-refractivity contribution in [3.05, 3.63) is 70.2 Å². The summed E-state index contributed by atoms with van der Waals surface area (Å²) in [5, 5.41) is 4.02. The van der Waals surface area contributed by atoms with E-state index in [9.17, 15) is 4.79 Å². The topological polar surface area (TPSA) is 55.1 Å². The van der Waals surface area contributed by atoms with Crippen molar-refractivity contribution >= 4 is 17.5 Å². The fourth-order valence-corrected chi connectivity index (χ4v) is 3.20. The van der Waals surface area contributed by atoms with E-state index in [1.165, 1.54) is 5.56 Å². The molecule has 1 aliphatic heterocycles. The lowest BCUT2D eigenvalue weighted by Gasteiger charge is -2.16. The molecular formula is C18H19ClN2O. The maximum Gasteiger partial charge on any atom is 0.229 e. The first kappa shape index (κ1) is 15.1. The predicted molar refractivity (Wildman–Crippen MR) is 89.2 cm³/mol. The van der Waals surface area contributed by atoms with Gasteiger partial charge in [0.25, 0.3) is 0 Å². The molecule has 0 spiro atoms. The molecule has 0 saturated carbocycles. The number of hydrogen-bond donors (Lipinski definition) is 2. The number of benzene rings is 2. The Morgan fingerprint density at radius 2 is 1.68 bits per heavy atom. The Balaban J connectivity index is 1.88. The number of rotatable bonds is 4. The molecule has 2 aromatic carbocycles. The summed E-state index contributed by atoms with van der Waals surface area (Å²) in [6.07, 6.45) is 1.16. The van der Waals surface area contributed by atoms with Crippen LogP contribution in [0.2, 0.25) is 5.02 Å². The molecule has 3 N–H and O–H groups in total. The minimum atomic E-state index is -0.437. The summed E-state index contributed by atoms with van der Waals surface area (Å²) in [6.45, 7) is 2.09. The van der Waals surface area contributed by atoms with Crippen LogP contribution in [0.15, 0.2) is 48.5 Å². The second-order valence-corrected chi connectivity index (χ2v) is 6.18. The Kier molecular flexibility index (Phi) is 4.46. The average molecular weight is 315 g/mol. The van der Waals surface area contributed by atoms with E-state index in [-0.39, 0.29) is 5.91 Å². The van der Waals surface area contributed by atoms with Crippen LogP contribution in [0.1, 0.15) is 34.9 Å². The molecule has 0 radical (unpaired) electrons. The Bertz CT molecular complexity index is 646. The van der Waals surface area contributed by atoms with Gasteiger partial charge in [-0.05, 0) is 47.7 Å². The van der Waals surface area contributed by atoms with Crippen LogP contribution < -0.4 is 11.1 Å². The molecule has 0 aliphatic carbocycles. The molecule has 2 atom stereocenters. The second kappa shape index (κ2) is 6.51. The molecule has 3 nitrogen and oxygen atoms in total. The molecule has 1 heterocycles. The van der Waals surface area contributed by atoms with E-state index >= 15 is 0 Å². The summed E-state index contributed by atoms with van der Waals surface area (Å²) >= 11 is 5.91. The summed E-state index contributed by atoms with van der Waals surface area (Å²) < 4.78 is 0. The summed E-state index contributed by atoms with van der Waals surface area (Å²) in [7, 11) is 0. The van der Waals surface area contributed by atoms with E-state index < -0.39 is 5.92 Å². The molecule has 1 amide bonds. The van der Waals surface area contributed by atoms with Gasteiger partial charge < -0.3 is 11.1 Å². The highest BCUT2D eigenvalue weighted by Crippen LogP contribution is 2.28. The van der Waals surface area contributed by atoms with Crippen LogP contribution in [0.5, 0.6) is 0 Å². The zero-order valence-corrected chi connectivity index (χ0v) is 13.0. The molecular weight excluding hydrogens is 296 g/mol. The first-order valence-corrected chi connectivity index (χ1v) is 7.88. The molecule has 1 fully saturated rings. The third-order valence-electron chi connectivity index (χ3n) is 4.29. The number of hydrogen-bond acceptors (Lipinski definition) is 2. The predicted octanol–water partition coefficient (Wildman–Crippen LogP) is 3.03. The molecule has 1 saturated heterocycles. The van der Waals surface area contributed by atoms with Gasteiger partial charge in [-0.3, -0.25) is 4.79 Å². The Labute approximate surface area is 135 Å². The standard InChI is InChI=1S/C18H19ClN2O/c19-16-7-5-14(6-8-16)17(18(20)22)13-3-1-12(2-4-13)15-9-10-21-11-15/h1-8,15,17,21H,9-11H2,(H2,20,22). The van der Waals surface area contributed by atoms with Gasteiger partial charge in [0, 0.05) is 11.6 Å². The Morgan fingerprint density at radius 3 is 2.18 bits per heavy atom. The average Bonchev–Trinajstić information content (AvgIpc) is 3.04. The fraction of sp³-hybridized carbons (Fsp3) is 0.278. The Hall–Kier alpha value is -1.84. The second-order valence-electron chi connectivity index (χ2n) is 5.74. The highest BCUT2D eigenvalue weighted by molar-refractivity contribution is 6.30. The molecule has 22 heavy (non-hydrogen) atoms. The van der Waals surface area contributed by atoms with E-state index in [2.05, 4.69) is 17.4 Å². The van der Waals surface area contributed by atoms with E-state index in [1.807, 2.05) is 24.3 Å². The van der Waals surface area contributed by atoms with Crippen molar-refractivity contribution in [1.82, 2.24) is 5.32 Å². The molecule has 114 valence electrons. The summed E-state index contributed by atoms with van der Waals surface area (Å²) in [6, 6.07) is 15.5. The lowest BCUT2D eigenvalue weighted by atomic mass is 9.88. The Morgan fingerprint density at radius 1 is 1.09 bits per heavy atom. The number of nitrogens with two attached hydrogens (primary N) is 1. The largest absolute Gasteiger partial charge is 0.369 e. The number of carbonyl (C=O) groups excluding carboxylic acids is 1. The van der Waals surface area contributed by atoms with Crippen LogP contribution in [0, 0.1) is 0 Å². The third-order valence-corrected chi connectivity index (χ3v) is 4.54. The number of amides is 1. The molecule has 2 aromatic rings. The maximum atomic E-state index is 11.9. The molecule has 3 rings (SSSR count). The van der Waals surface area contributed by atoms with Gasteiger partial charge >= 0.3 is 0 Å². The van der Waals surface area contributed by atoms with Crippen molar-refractivity contribution in [2.24, 2.45) is 5.73 Å². The molecule has 2 unspecified atom stereocenters. The highest BCUT2D eigenvalue weighted by atomic mass is 35.5. The van der Waals surface area contributed by atoms with Crippen LogP contribution in [0.25, 0.3) is 0 Å². The first-order chi connectivity index (χ1) is 10.6. The van der Waals surface area contributed by atoms with E-state index in [0.29, 0.717) is 10.9 Å². The number of halogens is 1. The van der Waals surface area contributed by atoms with Crippen LogP contribution in [0.4, 0.5) is 0 Å². The zero-order valence-electron chi connectivity index (χ0n) is 12.3. The number of nitrogens with one attached hydrogen (secondary N) is 1. The minimum Gasteiger partial charge on any atom is -0.369 e. The van der Waals surface area contributed by atoms with Gasteiger partial charge in [0.05, 0.1) is 5.92 Å². The van der Waals surface area contributed by atoms with Crippen molar-refractivity contribution in [2.45, 2.75) is 18.3 Å². The van der Waals surface area contributed by atoms with Gasteiger partial charge in [0.2, 0.25) is 5.91 Å². The minimum absolute atomic E-state index is 0.349. The number of primary amides is 1. The quantitative estimate of drug-likeness (QED) is 0.911. The van der Waals surface area contributed by atoms with Gasteiger partial charge in [0.1, 0.15) is 0 Å². The van der Waals surface area contributed by atoms with Crippen molar-refractivity contribution < 1.29 is 4.79 Å². The van der Waals surface area contributed by atoms with E-state index in [1.54, 1.807) is 12.1 Å². The van der Waals surface area contributed by atoms with Gasteiger partial charge in [-0.25, -0.2) is 0 Å². The number of carbonyl (C=O) groups is 1. The molecule has 0 aromatic heterocycles. The third kappa shape index (κ3) is 3.16. The molecule has 4 heteroatoms. The van der Waals surface area contributed by atoms with Crippen molar-refractivity contribution in [2.75, 3.05) is 13.1 Å². The highest BCUT2D eigenvalue weighted by Gasteiger charge is 2.21. The monoisotopic (exact) mass is 314 g/mol. The fourth-order valence-electron chi connectivity index (χ4n) is 3.08. The van der Waals surface area contributed by atoms with Gasteiger partial charge in [-0.2, -0.15) is 0 Å². The lowest BCUT2D eigenvalue weighted by molar-refractivity contribution is -0.118. The van der Waals surface area contributed by atoms with Gasteiger partial charge in [-0.1, -0.05) is 48.0 Å². The van der Waals surface area contributed by atoms with E-state index in [0.717, 1.165) is 30.6 Å². The maximum absolute atomic E-state index is 11.9. The van der Waals surface area contributed by atoms with Gasteiger partial charge in [-0.15, -0.1) is 0 Å². The van der Waals surface area contributed by atoms with Crippen LogP contribution >= 0.6 is 11.6 Å². The van der Waals surface area contributed by atoms with Crippen molar-refractivity contribution in [3.8, 4) is 0 Å². The van der Waals surface area contributed by atoms with E-state index in [4.69, 9.17) is 17.3 Å². The van der Waals surface area contributed by atoms with Crippen molar-refractivity contribution in [1.29, 1.82) is 0 Å². The van der Waals surface area contributed by atoms with Crippen LogP contribution in [-0.4, -0.2) is 19.0 Å². The lowest BCUT2D eigenvalue weighted by Crippen LogP contribution is -2.22. The summed E-state index contributed by atoms with van der Waals surface area (Å²) in [5.74, 6) is -0.220. The summed E-state index contributed by atoms with van der Waals surface area (Å²) in [4.78, 5) is 11.9. The smallest absolute Gasteiger partial charge is 0.229 e. The van der Waals surface area contributed by atoms with Crippen LogP contribution in [0.3, 0.4) is 0 Å². The molecule has 0 bridgehead atoms. The normalized spacial score (nSPS) is 19.0. The van der Waals surface area contributed by atoms with Gasteiger partial charge in [0.15, 0.2) is 0 Å². The first-order valence-electron chi connectivity index (χ1n) is 7.50. The SMILES string of the molecule is NC(=O)C(c1ccc(Cl)cc1)c1ccc(C2CCNC2)cc1. The summed E-state index contributed by atoms with van der Waals surface area (Å²) in [5.41, 5.74) is 8.72. The van der Waals surface area contributed by atoms with Crippen molar-refractivity contribution in [3.63, 3.8) is 0 Å². The zero-order chi connectivity index (χ0) is 15.5. The molecule has 1 aliphatic rings.